The molecular formula is C22H24N4O4. The number of carbonyl (C=O) groups is 1. The van der Waals surface area contributed by atoms with Gasteiger partial charge in [-0.2, -0.15) is 0 Å². The summed E-state index contributed by atoms with van der Waals surface area (Å²) >= 11 is 0. The molecule has 2 heterocycles. The molecule has 0 unspecified atom stereocenters. The first-order valence-corrected chi connectivity index (χ1v) is 9.68. The topological polar surface area (TPSA) is 86.6 Å². The van der Waals surface area contributed by atoms with E-state index >= 15 is 0 Å². The van der Waals surface area contributed by atoms with E-state index in [4.69, 9.17) is 14.2 Å². The Labute approximate surface area is 174 Å². The van der Waals surface area contributed by atoms with Crippen molar-refractivity contribution in [2.75, 3.05) is 20.3 Å². The average molecular weight is 408 g/mol. The number of para-hydroxylation sites is 3. The predicted molar refractivity (Wildman–Crippen MR) is 111 cm³/mol. The third-order valence-electron chi connectivity index (χ3n) is 4.90. The normalized spacial score (nSPS) is 15.9. The minimum absolute atomic E-state index is 0.275. The summed E-state index contributed by atoms with van der Waals surface area (Å²) < 4.78 is 18.9. The van der Waals surface area contributed by atoms with Crippen molar-refractivity contribution in [3.63, 3.8) is 0 Å². The fourth-order valence-electron chi connectivity index (χ4n) is 3.39. The Morgan fingerprint density at radius 3 is 2.77 bits per heavy atom. The molecule has 2 atom stereocenters. The Morgan fingerprint density at radius 1 is 1.23 bits per heavy atom. The zero-order chi connectivity index (χ0) is 20.9. The van der Waals surface area contributed by atoms with Crippen LogP contribution in [0.25, 0.3) is 0 Å². The number of imidazole rings is 1. The standard InChI is InChI=1S/C22H24N4O4/c1-26-12-11-23-21(26)20(16-7-3-4-8-17(16)28-2)25-22(27)24-13-15-14-29-18-9-5-6-10-19(18)30-15/h3-12,15,20H,13-14H2,1-2H3,(H2,24,25,27)/t15-,20-/m0/s1. The van der Waals surface area contributed by atoms with Crippen LogP contribution in [0.4, 0.5) is 4.79 Å². The highest BCUT2D eigenvalue weighted by molar-refractivity contribution is 5.75. The first kappa shape index (κ1) is 19.6. The molecule has 156 valence electrons. The number of fused-ring (bicyclic) bond motifs is 1. The van der Waals surface area contributed by atoms with Crippen LogP contribution in [0.1, 0.15) is 17.4 Å². The summed E-state index contributed by atoms with van der Waals surface area (Å²) in [4.78, 5) is 17.1. The van der Waals surface area contributed by atoms with Gasteiger partial charge in [0, 0.05) is 25.0 Å². The van der Waals surface area contributed by atoms with Crippen LogP contribution < -0.4 is 24.8 Å². The van der Waals surface area contributed by atoms with Gasteiger partial charge in [-0.05, 0) is 18.2 Å². The highest BCUT2D eigenvalue weighted by atomic mass is 16.6. The molecule has 3 aromatic rings. The van der Waals surface area contributed by atoms with Crippen molar-refractivity contribution in [2.45, 2.75) is 12.1 Å². The summed E-state index contributed by atoms with van der Waals surface area (Å²) in [6.45, 7) is 0.673. The first-order valence-electron chi connectivity index (χ1n) is 9.68. The van der Waals surface area contributed by atoms with Crippen molar-refractivity contribution in [1.82, 2.24) is 20.2 Å². The van der Waals surface area contributed by atoms with Crippen molar-refractivity contribution in [1.29, 1.82) is 0 Å². The summed E-state index contributed by atoms with van der Waals surface area (Å²) in [6, 6.07) is 14.2. The Balaban J connectivity index is 1.44. The number of ether oxygens (including phenoxy) is 3. The zero-order valence-electron chi connectivity index (χ0n) is 16.9. The summed E-state index contributed by atoms with van der Waals surface area (Å²) in [5, 5.41) is 5.87. The maximum Gasteiger partial charge on any atom is 0.315 e. The van der Waals surface area contributed by atoms with Gasteiger partial charge in [0.15, 0.2) is 17.6 Å². The number of hydrogen-bond acceptors (Lipinski definition) is 5. The van der Waals surface area contributed by atoms with E-state index in [0.717, 1.165) is 5.56 Å². The first-order chi connectivity index (χ1) is 14.7. The predicted octanol–water partition coefficient (Wildman–Crippen LogP) is 2.66. The molecule has 0 fully saturated rings. The van der Waals surface area contributed by atoms with Gasteiger partial charge in [0.2, 0.25) is 0 Å². The van der Waals surface area contributed by atoms with Crippen molar-refractivity contribution in [2.24, 2.45) is 7.05 Å². The number of nitrogens with one attached hydrogen (secondary N) is 2. The summed E-state index contributed by atoms with van der Waals surface area (Å²) in [5.74, 6) is 2.76. The van der Waals surface area contributed by atoms with E-state index in [-0.39, 0.29) is 12.1 Å². The van der Waals surface area contributed by atoms with Gasteiger partial charge in [-0.3, -0.25) is 0 Å². The smallest absolute Gasteiger partial charge is 0.315 e. The average Bonchev–Trinajstić information content (AvgIpc) is 3.21. The third kappa shape index (κ3) is 4.17. The summed E-state index contributed by atoms with van der Waals surface area (Å²) in [6.07, 6.45) is 3.26. The lowest BCUT2D eigenvalue weighted by Gasteiger charge is -2.27. The summed E-state index contributed by atoms with van der Waals surface area (Å²) in [5.41, 5.74) is 0.815. The van der Waals surface area contributed by atoms with E-state index in [2.05, 4.69) is 15.6 Å². The molecule has 8 nitrogen and oxygen atoms in total. The molecule has 1 aliphatic heterocycles. The Bertz CT molecular complexity index is 1020. The molecule has 0 spiro atoms. The SMILES string of the molecule is COc1ccccc1[C@H](NC(=O)NC[C@H]1COc2ccccc2O1)c1nccn1C. The van der Waals surface area contributed by atoms with E-state index in [9.17, 15) is 4.79 Å². The number of amides is 2. The van der Waals surface area contributed by atoms with Crippen LogP contribution in [0.15, 0.2) is 60.9 Å². The van der Waals surface area contributed by atoms with Crippen LogP contribution in [-0.2, 0) is 7.05 Å². The minimum Gasteiger partial charge on any atom is -0.496 e. The van der Waals surface area contributed by atoms with Gasteiger partial charge < -0.3 is 29.4 Å². The van der Waals surface area contributed by atoms with Gasteiger partial charge in [0.05, 0.1) is 13.7 Å². The molecule has 0 radical (unpaired) electrons. The van der Waals surface area contributed by atoms with Gasteiger partial charge in [0.25, 0.3) is 0 Å². The fraction of sp³-hybridized carbons (Fsp3) is 0.273. The molecule has 0 aliphatic carbocycles. The van der Waals surface area contributed by atoms with E-state index in [1.54, 1.807) is 13.3 Å². The van der Waals surface area contributed by atoms with E-state index in [1.165, 1.54) is 0 Å². The van der Waals surface area contributed by atoms with Crippen LogP contribution in [-0.4, -0.2) is 41.9 Å². The van der Waals surface area contributed by atoms with E-state index in [1.807, 2.05) is 66.3 Å². The fourth-order valence-corrected chi connectivity index (χ4v) is 3.39. The van der Waals surface area contributed by atoms with Gasteiger partial charge >= 0.3 is 6.03 Å². The van der Waals surface area contributed by atoms with Crippen LogP contribution in [0.3, 0.4) is 0 Å². The molecule has 0 saturated heterocycles. The number of benzene rings is 2. The molecule has 8 heteroatoms. The van der Waals surface area contributed by atoms with Gasteiger partial charge in [-0.15, -0.1) is 0 Å². The number of urea groups is 1. The van der Waals surface area contributed by atoms with Gasteiger partial charge in [0.1, 0.15) is 24.2 Å². The van der Waals surface area contributed by atoms with Crippen molar-refractivity contribution in [3.8, 4) is 17.2 Å². The maximum absolute atomic E-state index is 12.7. The van der Waals surface area contributed by atoms with Crippen molar-refractivity contribution < 1.29 is 19.0 Å². The molecule has 2 aromatic carbocycles. The second-order valence-corrected chi connectivity index (χ2v) is 6.92. The number of carbonyl (C=O) groups excluding carboxylic acids is 1. The Morgan fingerprint density at radius 2 is 2.00 bits per heavy atom. The van der Waals surface area contributed by atoms with Crippen LogP contribution in [0, 0.1) is 0 Å². The molecule has 2 N–H and O–H groups in total. The lowest BCUT2D eigenvalue weighted by molar-refractivity contribution is 0.0917. The van der Waals surface area contributed by atoms with Crippen LogP contribution in [0.2, 0.25) is 0 Å². The molecular weight excluding hydrogens is 384 g/mol. The molecule has 0 saturated carbocycles. The van der Waals surface area contributed by atoms with Gasteiger partial charge in [-0.1, -0.05) is 30.3 Å². The lowest BCUT2D eigenvalue weighted by atomic mass is 10.0. The van der Waals surface area contributed by atoms with Crippen LogP contribution in [0.5, 0.6) is 17.2 Å². The highest BCUT2D eigenvalue weighted by Crippen LogP contribution is 2.31. The highest BCUT2D eigenvalue weighted by Gasteiger charge is 2.25. The number of hydrogen-bond donors (Lipinski definition) is 2. The lowest BCUT2D eigenvalue weighted by Crippen LogP contribution is -2.45. The molecule has 2 amide bonds. The summed E-state index contributed by atoms with van der Waals surface area (Å²) in [7, 11) is 3.49. The van der Waals surface area contributed by atoms with Gasteiger partial charge in [-0.25, -0.2) is 9.78 Å². The van der Waals surface area contributed by atoms with Crippen molar-refractivity contribution >= 4 is 6.03 Å². The zero-order valence-corrected chi connectivity index (χ0v) is 16.9. The number of aryl methyl sites for hydroxylation is 1. The molecule has 4 rings (SSSR count). The molecule has 1 aliphatic rings. The number of rotatable bonds is 6. The van der Waals surface area contributed by atoms with Crippen molar-refractivity contribution in [3.05, 3.63) is 72.3 Å². The molecule has 0 bridgehead atoms. The largest absolute Gasteiger partial charge is 0.496 e. The van der Waals surface area contributed by atoms with E-state index in [0.29, 0.717) is 36.2 Å². The molecule has 1 aromatic heterocycles. The quantitative estimate of drug-likeness (QED) is 0.655. The Kier molecular flexibility index (Phi) is 5.74. The monoisotopic (exact) mass is 408 g/mol. The number of methoxy groups -OCH3 is 1. The van der Waals surface area contributed by atoms with E-state index < -0.39 is 6.04 Å². The number of nitrogens with zero attached hydrogens (tertiary/aromatic N) is 2. The van der Waals surface area contributed by atoms with Crippen LogP contribution >= 0.6 is 0 Å². The maximum atomic E-state index is 12.7. The molecule has 30 heavy (non-hydrogen) atoms. The second kappa shape index (κ2) is 8.77. The third-order valence-corrected chi connectivity index (χ3v) is 4.90. The second-order valence-electron chi connectivity index (χ2n) is 6.92. The minimum atomic E-state index is -0.481. The number of aromatic nitrogens is 2. The Hall–Kier alpha value is -3.68.